The zero-order valence-electron chi connectivity index (χ0n) is 12.5. The molecule has 1 heterocycles. The van der Waals surface area contributed by atoms with Crippen molar-refractivity contribution in [2.24, 2.45) is 0 Å². The third-order valence-corrected chi connectivity index (χ3v) is 4.76. The highest BCUT2D eigenvalue weighted by Crippen LogP contribution is 2.32. The van der Waals surface area contributed by atoms with Crippen LogP contribution in [0.25, 0.3) is 0 Å². The Balaban J connectivity index is 1.89. The van der Waals surface area contributed by atoms with E-state index in [2.05, 4.69) is 4.72 Å². The minimum absolute atomic E-state index is 0.00870. The monoisotopic (exact) mass is 348 g/mol. The molecule has 24 heavy (non-hydrogen) atoms. The number of fused-ring (bicyclic) bond motifs is 1. The Morgan fingerprint density at radius 3 is 2.54 bits per heavy atom. The van der Waals surface area contributed by atoms with Crippen molar-refractivity contribution in [2.45, 2.75) is 11.3 Å². The molecule has 7 nitrogen and oxygen atoms in total. The molecule has 1 N–H and O–H groups in total. The van der Waals surface area contributed by atoms with Crippen LogP contribution in [-0.2, 0) is 10.0 Å². The third-order valence-electron chi connectivity index (χ3n) is 3.38. The minimum atomic E-state index is -3.90. The first kappa shape index (κ1) is 16.1. The Hall–Kier alpha value is -2.74. The van der Waals surface area contributed by atoms with E-state index in [4.69, 9.17) is 9.47 Å². The van der Waals surface area contributed by atoms with Crippen molar-refractivity contribution in [1.29, 1.82) is 0 Å². The van der Waals surface area contributed by atoms with Gasteiger partial charge in [-0.3, -0.25) is 4.72 Å². The van der Waals surface area contributed by atoms with Gasteiger partial charge in [-0.2, -0.15) is 0 Å². The van der Waals surface area contributed by atoms with E-state index < -0.39 is 16.0 Å². The summed E-state index contributed by atoms with van der Waals surface area (Å²) >= 11 is 0. The van der Waals surface area contributed by atoms with Gasteiger partial charge in [-0.15, -0.1) is 0 Å². The topological polar surface area (TPSA) is 105 Å². The lowest BCUT2D eigenvalue weighted by atomic mass is 10.2. The van der Waals surface area contributed by atoms with Crippen molar-refractivity contribution in [3.05, 3.63) is 48.0 Å². The van der Waals surface area contributed by atoms with Crippen LogP contribution < -0.4 is 19.3 Å². The number of benzene rings is 2. The number of hydrogen-bond donors (Lipinski definition) is 1. The predicted molar refractivity (Wildman–Crippen MR) is 83.6 cm³/mol. The fourth-order valence-corrected chi connectivity index (χ4v) is 3.30. The molecule has 0 fully saturated rings. The lowest BCUT2D eigenvalue weighted by Gasteiger charge is -2.12. The number of carboxylic acid groups (broad SMARTS) is 1. The highest BCUT2D eigenvalue weighted by atomic mass is 32.2. The number of carbonyl (C=O) groups excluding carboxylic acids is 1. The van der Waals surface area contributed by atoms with Gasteiger partial charge in [0.1, 0.15) is 0 Å². The SMILES string of the molecule is O=C([O-])c1cccc(NS(=O)(=O)c2ccc3c(c2)OCCCO3)c1. The molecule has 0 atom stereocenters. The van der Waals surface area contributed by atoms with E-state index in [1.165, 1.54) is 42.5 Å². The number of carboxylic acids is 1. The molecule has 0 bridgehead atoms. The summed E-state index contributed by atoms with van der Waals surface area (Å²) in [6, 6.07) is 9.71. The van der Waals surface area contributed by atoms with Gasteiger partial charge in [0.25, 0.3) is 10.0 Å². The van der Waals surface area contributed by atoms with Gasteiger partial charge >= 0.3 is 0 Å². The molecule has 0 saturated heterocycles. The van der Waals surface area contributed by atoms with Crippen molar-refractivity contribution in [1.82, 2.24) is 0 Å². The summed E-state index contributed by atoms with van der Waals surface area (Å²) in [4.78, 5) is 10.9. The van der Waals surface area contributed by atoms with Crippen LogP contribution in [0.15, 0.2) is 47.4 Å². The minimum Gasteiger partial charge on any atom is -0.545 e. The fourth-order valence-electron chi connectivity index (χ4n) is 2.23. The molecule has 0 aliphatic carbocycles. The molecular weight excluding hydrogens is 334 g/mol. The fraction of sp³-hybridized carbons (Fsp3) is 0.188. The molecule has 0 unspecified atom stereocenters. The van der Waals surface area contributed by atoms with E-state index in [1.54, 1.807) is 0 Å². The number of aromatic carboxylic acids is 1. The number of hydrogen-bond acceptors (Lipinski definition) is 6. The zero-order chi connectivity index (χ0) is 17.2. The number of rotatable bonds is 4. The first-order valence-corrected chi connectivity index (χ1v) is 8.68. The maximum atomic E-state index is 12.5. The molecule has 0 saturated carbocycles. The molecule has 0 amide bonds. The molecule has 3 rings (SSSR count). The summed E-state index contributed by atoms with van der Waals surface area (Å²) in [5, 5.41) is 10.9. The van der Waals surface area contributed by atoms with Gasteiger partial charge in [0.2, 0.25) is 0 Å². The van der Waals surface area contributed by atoms with Crippen molar-refractivity contribution in [3.63, 3.8) is 0 Å². The lowest BCUT2D eigenvalue weighted by molar-refractivity contribution is -0.255. The molecule has 0 aromatic heterocycles. The van der Waals surface area contributed by atoms with E-state index in [1.807, 2.05) is 0 Å². The average molecular weight is 348 g/mol. The van der Waals surface area contributed by atoms with Gasteiger partial charge in [-0.25, -0.2) is 8.42 Å². The smallest absolute Gasteiger partial charge is 0.262 e. The van der Waals surface area contributed by atoms with Crippen molar-refractivity contribution < 1.29 is 27.8 Å². The van der Waals surface area contributed by atoms with Gasteiger partial charge in [0.15, 0.2) is 11.5 Å². The van der Waals surface area contributed by atoms with Gasteiger partial charge in [0.05, 0.1) is 24.1 Å². The van der Waals surface area contributed by atoms with Crippen LogP contribution in [0.3, 0.4) is 0 Å². The van der Waals surface area contributed by atoms with Crippen LogP contribution >= 0.6 is 0 Å². The van der Waals surface area contributed by atoms with E-state index in [-0.39, 0.29) is 16.1 Å². The highest BCUT2D eigenvalue weighted by molar-refractivity contribution is 7.92. The van der Waals surface area contributed by atoms with Crippen LogP contribution in [-0.4, -0.2) is 27.6 Å². The number of ether oxygens (including phenoxy) is 2. The second kappa shape index (κ2) is 6.40. The molecular formula is C16H14NO6S-. The molecule has 1 aliphatic heterocycles. The molecule has 1 aliphatic rings. The molecule has 0 spiro atoms. The van der Waals surface area contributed by atoms with Gasteiger partial charge < -0.3 is 19.4 Å². The predicted octanol–water partition coefficient (Wildman–Crippen LogP) is 1.01. The van der Waals surface area contributed by atoms with Gasteiger partial charge in [0, 0.05) is 18.2 Å². The van der Waals surface area contributed by atoms with Crippen LogP contribution in [0, 0.1) is 0 Å². The summed E-state index contributed by atoms with van der Waals surface area (Å²) in [5.41, 5.74) is 0.0117. The largest absolute Gasteiger partial charge is 0.545 e. The van der Waals surface area contributed by atoms with Crippen LogP contribution in [0.1, 0.15) is 16.8 Å². The molecule has 2 aromatic rings. The summed E-state index contributed by atoms with van der Waals surface area (Å²) in [6.45, 7) is 0.949. The van der Waals surface area contributed by atoms with Crippen molar-refractivity contribution in [2.75, 3.05) is 17.9 Å². The van der Waals surface area contributed by atoms with E-state index in [0.29, 0.717) is 31.1 Å². The summed E-state index contributed by atoms with van der Waals surface area (Å²) in [5.74, 6) is -0.532. The van der Waals surface area contributed by atoms with E-state index in [9.17, 15) is 18.3 Å². The van der Waals surface area contributed by atoms with Gasteiger partial charge in [-0.05, 0) is 29.8 Å². The standard InChI is InChI=1S/C16H15NO6S/c18-16(19)11-3-1-4-12(9-11)17-24(20,21)13-5-6-14-15(10-13)23-8-2-7-22-14/h1,3-6,9-10,17H,2,7-8H2,(H,18,19)/p-1. The van der Waals surface area contributed by atoms with Gasteiger partial charge in [-0.1, -0.05) is 12.1 Å². The molecule has 0 radical (unpaired) electrons. The van der Waals surface area contributed by atoms with E-state index in [0.717, 1.165) is 0 Å². The lowest BCUT2D eigenvalue weighted by Crippen LogP contribution is -2.22. The van der Waals surface area contributed by atoms with Crippen LogP contribution in [0.4, 0.5) is 5.69 Å². The summed E-state index contributed by atoms with van der Waals surface area (Å²) < 4.78 is 38.3. The summed E-state index contributed by atoms with van der Waals surface area (Å²) in [6.07, 6.45) is 0.713. The Labute approximate surface area is 138 Å². The number of carbonyl (C=O) groups is 1. The van der Waals surface area contributed by atoms with E-state index >= 15 is 0 Å². The molecule has 8 heteroatoms. The Kier molecular flexibility index (Phi) is 4.30. The maximum Gasteiger partial charge on any atom is 0.262 e. The number of sulfonamides is 1. The Bertz CT molecular complexity index is 878. The first-order chi connectivity index (χ1) is 11.5. The van der Waals surface area contributed by atoms with Crippen LogP contribution in [0.2, 0.25) is 0 Å². The quantitative estimate of drug-likeness (QED) is 0.884. The highest BCUT2D eigenvalue weighted by Gasteiger charge is 2.19. The van der Waals surface area contributed by atoms with Crippen molar-refractivity contribution >= 4 is 21.7 Å². The Morgan fingerprint density at radius 2 is 1.79 bits per heavy atom. The number of nitrogens with one attached hydrogen (secondary N) is 1. The summed E-state index contributed by atoms with van der Waals surface area (Å²) in [7, 11) is -3.90. The maximum absolute atomic E-state index is 12.5. The first-order valence-electron chi connectivity index (χ1n) is 7.19. The zero-order valence-corrected chi connectivity index (χ0v) is 13.3. The average Bonchev–Trinajstić information content (AvgIpc) is 2.79. The van der Waals surface area contributed by atoms with Crippen LogP contribution in [0.5, 0.6) is 11.5 Å². The molecule has 2 aromatic carbocycles. The second-order valence-corrected chi connectivity index (χ2v) is 6.82. The molecule has 126 valence electrons. The third kappa shape index (κ3) is 3.43. The normalized spacial score (nSPS) is 13.8. The number of anilines is 1. The van der Waals surface area contributed by atoms with Crippen molar-refractivity contribution in [3.8, 4) is 11.5 Å². The second-order valence-electron chi connectivity index (χ2n) is 5.13. The Morgan fingerprint density at radius 1 is 1.04 bits per heavy atom.